The summed E-state index contributed by atoms with van der Waals surface area (Å²) in [4.78, 5) is 57.0. The Morgan fingerprint density at radius 1 is 0.953 bits per heavy atom. The van der Waals surface area contributed by atoms with Crippen molar-refractivity contribution in [3.8, 4) is 0 Å². The zero-order valence-electron chi connectivity index (χ0n) is 23.6. The third kappa shape index (κ3) is 4.49. The molecule has 0 saturated carbocycles. The Hall–Kier alpha value is -5.13. The third-order valence-corrected chi connectivity index (χ3v) is 7.63. The molecule has 2 aliphatic rings. The van der Waals surface area contributed by atoms with E-state index in [0.717, 1.165) is 34.1 Å². The zero-order valence-corrected chi connectivity index (χ0v) is 23.6. The van der Waals surface area contributed by atoms with Crippen LogP contribution in [-0.4, -0.2) is 38.7 Å². The first-order chi connectivity index (χ1) is 20.3. The van der Waals surface area contributed by atoms with Crippen LogP contribution in [-0.2, 0) is 15.1 Å². The van der Waals surface area contributed by atoms with Gasteiger partial charge < -0.3 is 10.1 Å². The summed E-state index contributed by atoms with van der Waals surface area (Å²) < 4.78 is 34.9. The molecule has 0 spiro atoms. The van der Waals surface area contributed by atoms with Gasteiger partial charge in [-0.3, -0.25) is 19.4 Å². The zero-order chi connectivity index (χ0) is 30.8. The number of ether oxygens (including phenoxy) is 1. The Kier molecular flexibility index (Phi) is 6.33. The highest BCUT2D eigenvalue weighted by Crippen LogP contribution is 2.51. The normalized spacial score (nSPS) is 21.7. The fourth-order valence-electron chi connectivity index (χ4n) is 5.77. The van der Waals surface area contributed by atoms with Crippen LogP contribution in [0.15, 0.2) is 71.5 Å². The van der Waals surface area contributed by atoms with Crippen molar-refractivity contribution in [3.05, 3.63) is 106 Å². The molecule has 220 valence electrons. The average molecular weight is 588 g/mol. The summed E-state index contributed by atoms with van der Waals surface area (Å²) in [5, 5.41) is 9.29. The Morgan fingerprint density at radius 2 is 1.63 bits per heavy atom. The smallest absolute Gasteiger partial charge is 0.415 e. The molecule has 3 unspecified atom stereocenters. The molecule has 3 aromatic carbocycles. The van der Waals surface area contributed by atoms with E-state index >= 15 is 4.39 Å². The SMILES string of the molecule is CC(C)(C)OC(=O)N1c2cc(F)cc3c(=O)[nH]nc(c23)C(N2C(=O)NC(C)(c3ccccc3)C2=O)C1c1ccc(F)cc1. The molecular weight excluding hydrogens is 560 g/mol. The average Bonchev–Trinajstić information content (AvgIpc) is 3.18. The van der Waals surface area contributed by atoms with E-state index in [1.807, 2.05) is 0 Å². The number of benzene rings is 3. The van der Waals surface area contributed by atoms with Crippen LogP contribution in [0.3, 0.4) is 0 Å². The number of hydrogen-bond donors (Lipinski definition) is 2. The summed E-state index contributed by atoms with van der Waals surface area (Å²) in [5.41, 5.74) is -2.45. The maximum Gasteiger partial charge on any atom is 0.415 e. The Labute approximate surface area is 244 Å². The summed E-state index contributed by atoms with van der Waals surface area (Å²) >= 11 is 0. The van der Waals surface area contributed by atoms with Crippen molar-refractivity contribution in [2.75, 3.05) is 4.90 Å². The van der Waals surface area contributed by atoms with Crippen LogP contribution in [0.5, 0.6) is 0 Å². The first kappa shape index (κ1) is 28.0. The van der Waals surface area contributed by atoms with E-state index in [1.165, 1.54) is 12.1 Å². The molecule has 43 heavy (non-hydrogen) atoms. The van der Waals surface area contributed by atoms with Gasteiger partial charge >= 0.3 is 12.1 Å². The summed E-state index contributed by atoms with van der Waals surface area (Å²) in [6.45, 7) is 6.49. The molecule has 12 heteroatoms. The van der Waals surface area contributed by atoms with Crippen LogP contribution in [0.2, 0.25) is 0 Å². The van der Waals surface area contributed by atoms with E-state index < -0.39 is 58.4 Å². The number of imide groups is 1. The molecule has 1 fully saturated rings. The predicted molar refractivity (Wildman–Crippen MR) is 152 cm³/mol. The molecular formula is C31H27F2N5O5. The van der Waals surface area contributed by atoms with Crippen LogP contribution >= 0.6 is 0 Å². The fraction of sp³-hybridized carbons (Fsp3) is 0.258. The van der Waals surface area contributed by atoms with Gasteiger partial charge in [-0.2, -0.15) is 5.10 Å². The van der Waals surface area contributed by atoms with E-state index in [-0.39, 0.29) is 22.2 Å². The van der Waals surface area contributed by atoms with E-state index in [1.54, 1.807) is 58.0 Å². The summed E-state index contributed by atoms with van der Waals surface area (Å²) in [5.74, 6) is -2.04. The molecule has 2 N–H and O–H groups in total. The number of nitrogens with one attached hydrogen (secondary N) is 2. The molecule has 6 rings (SSSR count). The first-order valence-electron chi connectivity index (χ1n) is 13.5. The lowest BCUT2D eigenvalue weighted by Gasteiger charge is -2.44. The molecule has 3 heterocycles. The van der Waals surface area contributed by atoms with Crippen molar-refractivity contribution in [2.45, 2.75) is 50.9 Å². The molecule has 4 aromatic rings. The minimum absolute atomic E-state index is 0.0412. The number of nitrogens with zero attached hydrogens (tertiary/aromatic N) is 3. The van der Waals surface area contributed by atoms with Crippen LogP contribution < -0.4 is 15.8 Å². The molecule has 1 aromatic heterocycles. The number of urea groups is 1. The monoisotopic (exact) mass is 587 g/mol. The fourth-order valence-corrected chi connectivity index (χ4v) is 5.77. The number of aromatic nitrogens is 2. The van der Waals surface area contributed by atoms with E-state index in [0.29, 0.717) is 11.1 Å². The number of aromatic amines is 1. The standard InChI is InChI=1S/C31H27F2N5O5/c1-30(2,3)43-29(42)37-21-15-19(33)14-20-22(21)23(35-36-26(20)39)25(24(37)16-10-12-18(32)13-11-16)38-27(40)31(4,34-28(38)41)17-8-6-5-7-9-17/h5-15,24-25H,1-4H3,(H,34,41)(H,36,39). The molecule has 2 aliphatic heterocycles. The van der Waals surface area contributed by atoms with Crippen LogP contribution in [0.1, 0.15) is 56.6 Å². The van der Waals surface area contributed by atoms with Gasteiger partial charge in [-0.15, -0.1) is 0 Å². The summed E-state index contributed by atoms with van der Waals surface area (Å²) in [6, 6.07) is 12.4. The Balaban J connectivity index is 1.66. The molecule has 3 atom stereocenters. The molecule has 4 amide bonds. The summed E-state index contributed by atoms with van der Waals surface area (Å²) in [6.07, 6.45) is -0.942. The van der Waals surface area contributed by atoms with E-state index in [2.05, 4.69) is 15.5 Å². The third-order valence-electron chi connectivity index (χ3n) is 7.63. The van der Waals surface area contributed by atoms with Crippen LogP contribution in [0.25, 0.3) is 10.8 Å². The van der Waals surface area contributed by atoms with Gasteiger partial charge in [0.25, 0.3) is 11.5 Å². The lowest BCUT2D eigenvalue weighted by Crippen LogP contribution is -2.50. The quantitative estimate of drug-likeness (QED) is 0.317. The van der Waals surface area contributed by atoms with Crippen LogP contribution in [0.4, 0.5) is 24.1 Å². The van der Waals surface area contributed by atoms with Crippen molar-refractivity contribution < 1.29 is 27.9 Å². The number of amides is 4. The number of rotatable bonds is 3. The van der Waals surface area contributed by atoms with E-state index in [9.17, 15) is 23.6 Å². The number of H-pyrrole nitrogens is 1. The minimum Gasteiger partial charge on any atom is -0.443 e. The van der Waals surface area contributed by atoms with Gasteiger partial charge in [-0.25, -0.2) is 23.5 Å². The molecule has 10 nitrogen and oxygen atoms in total. The van der Waals surface area contributed by atoms with Crippen LogP contribution in [0, 0.1) is 11.6 Å². The molecule has 0 radical (unpaired) electrons. The number of hydrogen-bond acceptors (Lipinski definition) is 6. The lowest BCUT2D eigenvalue weighted by atomic mass is 9.85. The second-order valence-corrected chi connectivity index (χ2v) is 11.7. The van der Waals surface area contributed by atoms with Gasteiger partial charge in [0.05, 0.1) is 22.8 Å². The van der Waals surface area contributed by atoms with Crippen molar-refractivity contribution in [1.29, 1.82) is 0 Å². The number of anilines is 1. The van der Waals surface area contributed by atoms with Gasteiger partial charge in [0.2, 0.25) is 0 Å². The van der Waals surface area contributed by atoms with E-state index in [4.69, 9.17) is 4.74 Å². The predicted octanol–water partition coefficient (Wildman–Crippen LogP) is 5.21. The minimum atomic E-state index is -1.49. The second kappa shape index (κ2) is 9.72. The number of halogens is 2. The Bertz CT molecular complexity index is 1860. The lowest BCUT2D eigenvalue weighted by molar-refractivity contribution is -0.133. The number of carbonyl (C=O) groups is 3. The maximum absolute atomic E-state index is 15.1. The van der Waals surface area contributed by atoms with Crippen molar-refractivity contribution in [3.63, 3.8) is 0 Å². The Morgan fingerprint density at radius 3 is 2.28 bits per heavy atom. The highest BCUT2D eigenvalue weighted by atomic mass is 19.1. The molecule has 1 saturated heterocycles. The topological polar surface area (TPSA) is 125 Å². The van der Waals surface area contributed by atoms with Gasteiger partial charge in [-0.05, 0) is 63.1 Å². The molecule has 0 aliphatic carbocycles. The molecule has 0 bridgehead atoms. The largest absolute Gasteiger partial charge is 0.443 e. The van der Waals surface area contributed by atoms with Gasteiger partial charge in [-0.1, -0.05) is 42.5 Å². The summed E-state index contributed by atoms with van der Waals surface area (Å²) in [7, 11) is 0. The maximum atomic E-state index is 15.1. The van der Waals surface area contributed by atoms with Gasteiger partial charge in [0.15, 0.2) is 0 Å². The first-order valence-corrected chi connectivity index (χ1v) is 13.5. The van der Waals surface area contributed by atoms with Gasteiger partial charge in [0, 0.05) is 5.39 Å². The number of carbonyl (C=O) groups excluding carboxylic acids is 3. The van der Waals surface area contributed by atoms with Crippen molar-refractivity contribution in [1.82, 2.24) is 20.4 Å². The van der Waals surface area contributed by atoms with Gasteiger partial charge in [0.1, 0.15) is 28.8 Å². The van der Waals surface area contributed by atoms with Crippen molar-refractivity contribution in [2.24, 2.45) is 0 Å². The second-order valence-electron chi connectivity index (χ2n) is 11.7. The highest BCUT2D eigenvalue weighted by molar-refractivity contribution is 6.10. The van der Waals surface area contributed by atoms with Crippen molar-refractivity contribution >= 4 is 34.5 Å². The highest BCUT2D eigenvalue weighted by Gasteiger charge is 2.57.